The second kappa shape index (κ2) is 3.28. The summed E-state index contributed by atoms with van der Waals surface area (Å²) in [5.41, 5.74) is 0.639. The van der Waals surface area contributed by atoms with E-state index in [-0.39, 0.29) is 11.6 Å². The minimum Gasteiger partial charge on any atom is -0.290 e. The highest BCUT2D eigenvalue weighted by Crippen LogP contribution is 2.10. The molecule has 1 rings (SSSR count). The van der Waals surface area contributed by atoms with Crippen LogP contribution in [0.2, 0.25) is 0 Å². The molecule has 0 saturated carbocycles. The molecule has 0 fully saturated rings. The van der Waals surface area contributed by atoms with E-state index in [1.54, 1.807) is 0 Å². The number of hydrogen-bond acceptors (Lipinski definition) is 2. The molecule has 11 heavy (non-hydrogen) atoms. The fraction of sp³-hybridized carbons (Fsp3) is 0.333. The predicted octanol–water partition coefficient (Wildman–Crippen LogP) is 1.42. The number of ketones is 2. The summed E-state index contributed by atoms with van der Waals surface area (Å²) in [6.07, 6.45) is 5.67. The number of rotatable bonds is 2. The van der Waals surface area contributed by atoms with Crippen LogP contribution in [0.1, 0.15) is 19.8 Å². The summed E-state index contributed by atoms with van der Waals surface area (Å²) in [6, 6.07) is 0. The van der Waals surface area contributed by atoms with Crippen LogP contribution in [0.15, 0.2) is 23.8 Å². The number of carbonyl (C=O) groups excluding carboxylic acids is 2. The zero-order chi connectivity index (χ0) is 8.27. The van der Waals surface area contributed by atoms with Crippen LogP contribution in [0.4, 0.5) is 0 Å². The molecular formula is C9H10O2. The van der Waals surface area contributed by atoms with E-state index in [0.29, 0.717) is 12.0 Å². The summed E-state index contributed by atoms with van der Waals surface area (Å²) in [7, 11) is 0. The van der Waals surface area contributed by atoms with E-state index >= 15 is 0 Å². The Kier molecular flexibility index (Phi) is 2.36. The highest BCUT2D eigenvalue weighted by molar-refractivity contribution is 6.17. The molecule has 0 N–H and O–H groups in total. The van der Waals surface area contributed by atoms with Gasteiger partial charge in [0.1, 0.15) is 0 Å². The average molecular weight is 150 g/mol. The lowest BCUT2D eigenvalue weighted by molar-refractivity contribution is -0.114. The predicted molar refractivity (Wildman–Crippen MR) is 42.1 cm³/mol. The van der Waals surface area contributed by atoms with Crippen molar-refractivity contribution in [3.05, 3.63) is 23.8 Å². The van der Waals surface area contributed by atoms with Gasteiger partial charge in [0.2, 0.25) is 0 Å². The molecule has 1 aliphatic carbocycles. The number of carbonyl (C=O) groups is 2. The van der Waals surface area contributed by atoms with Crippen molar-refractivity contribution in [3.8, 4) is 0 Å². The van der Waals surface area contributed by atoms with Gasteiger partial charge in [-0.1, -0.05) is 13.3 Å². The van der Waals surface area contributed by atoms with Gasteiger partial charge in [-0.15, -0.1) is 0 Å². The first kappa shape index (κ1) is 7.92. The normalized spacial score (nSPS) is 17.0. The lowest BCUT2D eigenvalue weighted by Crippen LogP contribution is -2.06. The fourth-order valence-corrected chi connectivity index (χ4v) is 1.02. The molecule has 0 amide bonds. The Labute approximate surface area is 65.6 Å². The van der Waals surface area contributed by atoms with Gasteiger partial charge in [0.05, 0.1) is 0 Å². The fourth-order valence-electron chi connectivity index (χ4n) is 1.02. The molecule has 0 atom stereocenters. The summed E-state index contributed by atoms with van der Waals surface area (Å²) in [4.78, 5) is 21.8. The van der Waals surface area contributed by atoms with Crippen molar-refractivity contribution in [2.24, 2.45) is 0 Å². The van der Waals surface area contributed by atoms with Crippen molar-refractivity contribution in [1.82, 2.24) is 0 Å². The lowest BCUT2D eigenvalue weighted by atomic mass is 10.00. The molecule has 0 aromatic heterocycles. The van der Waals surface area contributed by atoms with Crippen molar-refractivity contribution < 1.29 is 9.59 Å². The largest absolute Gasteiger partial charge is 0.290 e. The van der Waals surface area contributed by atoms with Crippen LogP contribution in [-0.4, -0.2) is 11.6 Å². The Morgan fingerprint density at radius 2 is 2.00 bits per heavy atom. The first-order valence-electron chi connectivity index (χ1n) is 3.71. The zero-order valence-corrected chi connectivity index (χ0v) is 6.46. The highest BCUT2D eigenvalue weighted by Gasteiger charge is 2.10. The molecule has 58 valence electrons. The van der Waals surface area contributed by atoms with Crippen molar-refractivity contribution in [2.75, 3.05) is 0 Å². The van der Waals surface area contributed by atoms with Crippen molar-refractivity contribution >= 4 is 11.6 Å². The Morgan fingerprint density at radius 3 is 2.64 bits per heavy atom. The molecule has 2 nitrogen and oxygen atoms in total. The minimum absolute atomic E-state index is 0.0218. The van der Waals surface area contributed by atoms with E-state index in [0.717, 1.165) is 6.42 Å². The van der Waals surface area contributed by atoms with Crippen LogP contribution in [0, 0.1) is 0 Å². The van der Waals surface area contributed by atoms with Gasteiger partial charge in [0, 0.05) is 5.57 Å². The molecule has 0 spiro atoms. The van der Waals surface area contributed by atoms with E-state index in [4.69, 9.17) is 0 Å². The third-order valence-electron chi connectivity index (χ3n) is 1.55. The van der Waals surface area contributed by atoms with Crippen LogP contribution in [-0.2, 0) is 9.59 Å². The summed E-state index contributed by atoms with van der Waals surface area (Å²) in [6.45, 7) is 1.98. The van der Waals surface area contributed by atoms with Gasteiger partial charge < -0.3 is 0 Å². The number of hydrogen-bond donors (Lipinski definition) is 0. The maximum Gasteiger partial charge on any atom is 0.182 e. The monoisotopic (exact) mass is 150 g/mol. The Balaban J connectivity index is 2.76. The molecule has 0 unspecified atom stereocenters. The molecule has 0 aliphatic heterocycles. The van der Waals surface area contributed by atoms with Gasteiger partial charge in [-0.05, 0) is 24.6 Å². The molecular weight excluding hydrogens is 140 g/mol. The Bertz CT molecular complexity index is 246. The summed E-state index contributed by atoms with van der Waals surface area (Å²) < 4.78 is 0. The quantitative estimate of drug-likeness (QED) is 0.558. The van der Waals surface area contributed by atoms with Crippen molar-refractivity contribution in [1.29, 1.82) is 0 Å². The van der Waals surface area contributed by atoms with Gasteiger partial charge in [0.15, 0.2) is 11.6 Å². The second-order valence-corrected chi connectivity index (χ2v) is 2.52. The molecule has 0 aromatic carbocycles. The summed E-state index contributed by atoms with van der Waals surface area (Å²) in [5, 5.41) is 0. The van der Waals surface area contributed by atoms with Gasteiger partial charge in [-0.3, -0.25) is 9.59 Å². The third kappa shape index (κ3) is 1.87. The SMILES string of the molecule is CCCC1=CC(=O)C=CC1=O. The maximum absolute atomic E-state index is 11.0. The van der Waals surface area contributed by atoms with Crippen LogP contribution >= 0.6 is 0 Å². The summed E-state index contributed by atoms with van der Waals surface area (Å²) in [5.74, 6) is -0.0977. The molecule has 2 heteroatoms. The summed E-state index contributed by atoms with van der Waals surface area (Å²) >= 11 is 0. The van der Waals surface area contributed by atoms with Gasteiger partial charge in [0.25, 0.3) is 0 Å². The lowest BCUT2D eigenvalue weighted by Gasteiger charge is -2.03. The third-order valence-corrected chi connectivity index (χ3v) is 1.55. The van der Waals surface area contributed by atoms with E-state index in [1.807, 2.05) is 6.92 Å². The van der Waals surface area contributed by atoms with Crippen molar-refractivity contribution in [2.45, 2.75) is 19.8 Å². The van der Waals surface area contributed by atoms with E-state index < -0.39 is 0 Å². The van der Waals surface area contributed by atoms with Crippen LogP contribution in [0.25, 0.3) is 0 Å². The van der Waals surface area contributed by atoms with Crippen LogP contribution < -0.4 is 0 Å². The van der Waals surface area contributed by atoms with Gasteiger partial charge in [-0.2, -0.15) is 0 Å². The first-order valence-corrected chi connectivity index (χ1v) is 3.71. The Hall–Kier alpha value is -1.18. The van der Waals surface area contributed by atoms with Crippen LogP contribution in [0.5, 0.6) is 0 Å². The van der Waals surface area contributed by atoms with E-state index in [2.05, 4.69) is 0 Å². The first-order chi connectivity index (χ1) is 5.24. The van der Waals surface area contributed by atoms with E-state index in [9.17, 15) is 9.59 Å². The second-order valence-electron chi connectivity index (χ2n) is 2.52. The smallest absolute Gasteiger partial charge is 0.182 e. The van der Waals surface area contributed by atoms with Crippen LogP contribution in [0.3, 0.4) is 0 Å². The maximum atomic E-state index is 11.0. The van der Waals surface area contributed by atoms with Gasteiger partial charge in [-0.25, -0.2) is 0 Å². The Morgan fingerprint density at radius 1 is 1.27 bits per heavy atom. The molecule has 0 bridgehead atoms. The highest BCUT2D eigenvalue weighted by atomic mass is 16.1. The number of allylic oxidation sites excluding steroid dienone is 4. The molecule has 0 radical (unpaired) electrons. The minimum atomic E-state index is -0.0759. The molecule has 0 saturated heterocycles. The zero-order valence-electron chi connectivity index (χ0n) is 6.46. The standard InChI is InChI=1S/C9H10O2/c1-2-3-7-6-8(10)4-5-9(7)11/h4-6H,2-3H2,1H3. The molecule has 0 aromatic rings. The molecule has 0 heterocycles. The average Bonchev–Trinajstić information content (AvgIpc) is 1.98. The van der Waals surface area contributed by atoms with Gasteiger partial charge >= 0.3 is 0 Å². The molecule has 1 aliphatic rings. The van der Waals surface area contributed by atoms with E-state index in [1.165, 1.54) is 18.2 Å². The topological polar surface area (TPSA) is 34.1 Å². The van der Waals surface area contributed by atoms with Crippen molar-refractivity contribution in [3.63, 3.8) is 0 Å².